The summed E-state index contributed by atoms with van der Waals surface area (Å²) in [6.07, 6.45) is 5.73. The summed E-state index contributed by atoms with van der Waals surface area (Å²) in [5.41, 5.74) is 0.382. The molecule has 7 heteroatoms. The maximum absolute atomic E-state index is 5.46. The SMILES string of the molecule is CC.CC.CI.CI.CON1C(C)(C)CCCC1(C)C.CSC(C)=S.[CH3-].[Co]. The van der Waals surface area contributed by atoms with Crippen LogP contribution in [0.5, 0.6) is 0 Å². The van der Waals surface area contributed by atoms with Crippen molar-refractivity contribution in [3.63, 3.8) is 0 Å². The zero-order valence-corrected chi connectivity index (χ0v) is 27.4. The van der Waals surface area contributed by atoms with Gasteiger partial charge in [-0.1, -0.05) is 85.1 Å². The minimum absolute atomic E-state index is 0. The molecule has 0 unspecified atom stereocenters. The molecule has 0 saturated carbocycles. The zero-order chi connectivity index (χ0) is 21.7. The van der Waals surface area contributed by atoms with E-state index in [9.17, 15) is 0 Å². The van der Waals surface area contributed by atoms with Gasteiger partial charge in [-0.2, -0.15) is 5.06 Å². The quantitative estimate of drug-likeness (QED) is 0.118. The standard InChI is InChI=1S/C10H21NO.C3H6S2.2C2H6.2CH3I.CH3.Co/c1-9(2)7-6-8-10(3,4)11(9)12-5;1-3(4)5-2;4*1-2;;/h6-8H2,1-5H3;1-2H3;2*1-2H3;2*1H3;1H3;/q;;;;;;-1;. The van der Waals surface area contributed by atoms with Crippen LogP contribution >= 0.6 is 69.2 Å². The van der Waals surface area contributed by atoms with Gasteiger partial charge < -0.3 is 12.3 Å². The summed E-state index contributed by atoms with van der Waals surface area (Å²) in [6, 6.07) is 0. The molecule has 2 nitrogen and oxygen atoms in total. The van der Waals surface area contributed by atoms with Crippen LogP contribution in [0.2, 0.25) is 0 Å². The molecule has 0 amide bonds. The Kier molecular flexibility index (Phi) is 57.7. The summed E-state index contributed by atoms with van der Waals surface area (Å²) in [5.74, 6) is 0. The van der Waals surface area contributed by atoms with Crippen LogP contribution in [0.15, 0.2) is 0 Å². The maximum atomic E-state index is 5.46. The predicted octanol–water partition coefficient (Wildman–Crippen LogP) is 8.89. The van der Waals surface area contributed by atoms with Gasteiger partial charge in [0.25, 0.3) is 0 Å². The van der Waals surface area contributed by atoms with Gasteiger partial charge in [0, 0.05) is 32.1 Å². The topological polar surface area (TPSA) is 12.5 Å². The molecule has 1 fully saturated rings. The Hall–Kier alpha value is 2.33. The molecule has 1 heterocycles. The second-order valence-electron chi connectivity index (χ2n) is 5.65. The Balaban J connectivity index is -0.0000000457. The average molecular weight is 695 g/mol. The van der Waals surface area contributed by atoms with Crippen molar-refractivity contribution in [2.75, 3.05) is 23.2 Å². The van der Waals surface area contributed by atoms with Crippen LogP contribution in [-0.4, -0.2) is 43.6 Å². The number of halogens is 2. The van der Waals surface area contributed by atoms with Crippen LogP contribution in [0, 0.1) is 7.43 Å². The van der Waals surface area contributed by atoms with Crippen LogP contribution in [0.3, 0.4) is 0 Å². The zero-order valence-electron chi connectivity index (χ0n) is 20.4. The molecule has 1 aliphatic heterocycles. The minimum atomic E-state index is 0. The summed E-state index contributed by atoms with van der Waals surface area (Å²) in [6.45, 7) is 18.9. The van der Waals surface area contributed by atoms with E-state index in [1.54, 1.807) is 18.9 Å². The summed E-state index contributed by atoms with van der Waals surface area (Å²) in [4.78, 5) is 9.40. The number of alkyl halides is 2. The number of rotatable bonds is 1. The Morgan fingerprint density at radius 1 is 0.926 bits per heavy atom. The Morgan fingerprint density at radius 2 is 1.15 bits per heavy atom. The van der Waals surface area contributed by atoms with Crippen molar-refractivity contribution in [3.8, 4) is 0 Å². The van der Waals surface area contributed by atoms with E-state index in [4.69, 9.17) is 4.84 Å². The van der Waals surface area contributed by atoms with Crippen LogP contribution in [0.25, 0.3) is 0 Å². The maximum Gasteiger partial charge on any atom is 0.0575 e. The first kappa shape index (κ1) is 47.2. The first-order valence-corrected chi connectivity index (χ1v) is 14.8. The van der Waals surface area contributed by atoms with Gasteiger partial charge >= 0.3 is 0 Å². The predicted molar refractivity (Wildman–Crippen MR) is 152 cm³/mol. The molecule has 1 radical (unpaired) electrons. The molecule has 0 bridgehead atoms. The molecule has 1 rings (SSSR count). The Morgan fingerprint density at radius 3 is 1.26 bits per heavy atom. The van der Waals surface area contributed by atoms with Gasteiger partial charge in [0.1, 0.15) is 0 Å². The molecular weight excluding hydrogens is 647 g/mol. The smallest absolute Gasteiger partial charge is 0.0575 e. The van der Waals surface area contributed by atoms with Crippen molar-refractivity contribution in [1.29, 1.82) is 0 Å². The van der Waals surface area contributed by atoms with E-state index >= 15 is 0 Å². The van der Waals surface area contributed by atoms with E-state index in [1.807, 2.05) is 50.7 Å². The van der Waals surface area contributed by atoms with Crippen LogP contribution in [-0.2, 0) is 21.6 Å². The fourth-order valence-corrected chi connectivity index (χ4v) is 2.47. The van der Waals surface area contributed by atoms with Crippen LogP contribution in [0.4, 0.5) is 0 Å². The molecule has 1 aliphatic rings. The van der Waals surface area contributed by atoms with Crippen molar-refractivity contribution < 1.29 is 21.6 Å². The van der Waals surface area contributed by atoms with Crippen molar-refractivity contribution in [3.05, 3.63) is 7.43 Å². The molecule has 0 aromatic rings. The van der Waals surface area contributed by atoms with E-state index in [0.29, 0.717) is 0 Å². The number of piperidine rings is 1. The van der Waals surface area contributed by atoms with Gasteiger partial charge in [-0.05, 0) is 70.0 Å². The first-order valence-electron chi connectivity index (χ1n) is 8.82. The molecule has 27 heavy (non-hydrogen) atoms. The monoisotopic (exact) mass is 695 g/mol. The number of hydrogen-bond donors (Lipinski definition) is 0. The third kappa shape index (κ3) is 28.3. The summed E-state index contributed by atoms with van der Waals surface area (Å²) in [5, 5.41) is 2.14. The van der Waals surface area contributed by atoms with Gasteiger partial charge in [-0.15, -0.1) is 11.8 Å². The van der Waals surface area contributed by atoms with Crippen LogP contribution in [0.1, 0.15) is 81.6 Å². The second-order valence-corrected chi connectivity index (χ2v) is 7.54. The minimum Gasteiger partial charge on any atom is -0.358 e. The van der Waals surface area contributed by atoms with Gasteiger partial charge in [0.2, 0.25) is 0 Å². The normalized spacial score (nSPS) is 15.1. The van der Waals surface area contributed by atoms with Crippen molar-refractivity contribution in [1.82, 2.24) is 5.06 Å². The Labute approximate surface area is 221 Å². The van der Waals surface area contributed by atoms with Crippen LogP contribution < -0.4 is 0 Å². The Bertz CT molecular complexity index is 254. The van der Waals surface area contributed by atoms with Crippen molar-refractivity contribution in [2.45, 2.75) is 92.7 Å². The van der Waals surface area contributed by atoms with Gasteiger partial charge in [0.05, 0.1) is 7.11 Å². The van der Waals surface area contributed by atoms with Gasteiger partial charge in [0.15, 0.2) is 0 Å². The average Bonchev–Trinajstić information content (AvgIpc) is 2.61. The van der Waals surface area contributed by atoms with Crippen molar-refractivity contribution in [2.24, 2.45) is 0 Å². The van der Waals surface area contributed by atoms with Crippen molar-refractivity contribution >= 4 is 73.4 Å². The molecule has 175 valence electrons. The number of hydrogen-bond acceptors (Lipinski definition) is 4. The van der Waals surface area contributed by atoms with E-state index in [-0.39, 0.29) is 35.3 Å². The molecule has 0 aromatic heterocycles. The van der Waals surface area contributed by atoms with E-state index in [1.165, 1.54) is 19.3 Å². The molecule has 1 saturated heterocycles. The molecule has 0 spiro atoms. The van der Waals surface area contributed by atoms with E-state index < -0.39 is 0 Å². The number of thioether (sulfide) groups is 1. The third-order valence-electron chi connectivity index (χ3n) is 3.15. The summed E-state index contributed by atoms with van der Waals surface area (Å²) in [7, 11) is 1.77. The van der Waals surface area contributed by atoms with E-state index in [0.717, 1.165) is 4.20 Å². The number of hydroxylamine groups is 2. The molecular formula is C20H48CoI2NOS2-. The fourth-order valence-electron chi connectivity index (χ4n) is 2.47. The molecule has 0 atom stereocenters. The molecule has 0 aliphatic carbocycles. The summed E-state index contributed by atoms with van der Waals surface area (Å²) < 4.78 is 1.00. The van der Waals surface area contributed by atoms with Gasteiger partial charge in [-0.3, -0.25) is 0 Å². The molecule has 0 aromatic carbocycles. The summed E-state index contributed by atoms with van der Waals surface area (Å²) >= 11 is 10.6. The largest absolute Gasteiger partial charge is 0.358 e. The number of nitrogens with zero attached hydrogens (tertiary/aromatic N) is 1. The van der Waals surface area contributed by atoms with Gasteiger partial charge in [-0.25, -0.2) is 0 Å². The van der Waals surface area contributed by atoms with E-state index in [2.05, 4.69) is 90.2 Å². The number of thiocarbonyl (C=S) groups is 1. The molecule has 0 N–H and O–H groups in total. The fraction of sp³-hybridized carbons (Fsp3) is 0.900. The second kappa shape index (κ2) is 33.0. The first-order chi connectivity index (χ1) is 11.7. The third-order valence-corrected chi connectivity index (χ3v) is 4.22.